The number of ether oxygens (including phenoxy) is 1. The van der Waals surface area contributed by atoms with E-state index in [1.165, 1.54) is 43.4 Å². The fourth-order valence-electron chi connectivity index (χ4n) is 7.77. The number of hydrogen-bond acceptors (Lipinski definition) is 2. The summed E-state index contributed by atoms with van der Waals surface area (Å²) in [4.78, 5) is 4.83. The topological polar surface area (TPSA) is 22.1 Å². The minimum absolute atomic E-state index is 0.191. The molecule has 2 saturated carbocycles. The highest BCUT2D eigenvalue weighted by Crippen LogP contribution is 2.64. The number of benzene rings is 1. The lowest BCUT2D eigenvalue weighted by Crippen LogP contribution is -2.51. The van der Waals surface area contributed by atoms with Crippen LogP contribution in [0.3, 0.4) is 0 Å². The maximum Gasteiger partial charge on any atom is 0.129 e. The molecule has 1 aromatic heterocycles. The summed E-state index contributed by atoms with van der Waals surface area (Å²) in [5.41, 5.74) is 4.93. The second-order valence-corrected chi connectivity index (χ2v) is 11.2. The largest absolute Gasteiger partial charge is 0.490 e. The van der Waals surface area contributed by atoms with E-state index in [0.717, 1.165) is 30.4 Å². The first-order chi connectivity index (χ1) is 15.0. The van der Waals surface area contributed by atoms with Gasteiger partial charge in [0.05, 0.1) is 5.69 Å². The summed E-state index contributed by atoms with van der Waals surface area (Å²) in [7, 11) is 0. The first-order valence-electron chi connectivity index (χ1n) is 12.0. The normalized spacial score (nSPS) is 38.4. The lowest BCUT2D eigenvalue weighted by atomic mass is 9.48. The Kier molecular flexibility index (Phi) is 4.55. The lowest BCUT2D eigenvalue weighted by molar-refractivity contribution is -0.0139. The van der Waals surface area contributed by atoms with Crippen LogP contribution in [0.4, 0.5) is 0 Å². The van der Waals surface area contributed by atoms with Crippen molar-refractivity contribution in [3.05, 3.63) is 70.5 Å². The second kappa shape index (κ2) is 7.10. The van der Waals surface area contributed by atoms with Crippen LogP contribution < -0.4 is 4.74 Å². The van der Waals surface area contributed by atoms with Crippen LogP contribution in [0.5, 0.6) is 5.75 Å². The van der Waals surface area contributed by atoms with Gasteiger partial charge in [0.15, 0.2) is 0 Å². The minimum atomic E-state index is 0.191. The molecule has 1 heterocycles. The molecular weight excluding hydrogens is 402 g/mol. The third-order valence-electron chi connectivity index (χ3n) is 9.42. The zero-order valence-electron chi connectivity index (χ0n) is 18.6. The van der Waals surface area contributed by atoms with E-state index in [4.69, 9.17) is 21.3 Å². The Bertz CT molecular complexity index is 1030. The van der Waals surface area contributed by atoms with Crippen molar-refractivity contribution in [1.29, 1.82) is 0 Å². The molecule has 0 saturated heterocycles. The molecule has 2 nitrogen and oxygen atoms in total. The maximum atomic E-state index is 6.36. The lowest BCUT2D eigenvalue weighted by Gasteiger charge is -2.57. The number of hydrogen-bond donors (Lipinski definition) is 0. The minimum Gasteiger partial charge on any atom is -0.490 e. The summed E-state index contributed by atoms with van der Waals surface area (Å²) in [6.07, 6.45) is 11.4. The molecule has 6 atom stereocenters. The molecule has 2 fully saturated rings. The average Bonchev–Trinajstić information content (AvgIpc) is 3.07. The number of fused-ring (bicyclic) bond motifs is 7. The highest BCUT2D eigenvalue weighted by atomic mass is 35.5. The molecule has 0 radical (unpaired) electrons. The average molecular weight is 434 g/mol. The van der Waals surface area contributed by atoms with Crippen molar-refractivity contribution in [2.45, 2.75) is 70.3 Å². The molecule has 6 rings (SSSR count). The van der Waals surface area contributed by atoms with Gasteiger partial charge in [0.2, 0.25) is 0 Å². The van der Waals surface area contributed by atoms with E-state index < -0.39 is 0 Å². The zero-order valence-corrected chi connectivity index (χ0v) is 19.4. The quantitative estimate of drug-likeness (QED) is 0.370. The van der Waals surface area contributed by atoms with Gasteiger partial charge in [-0.15, -0.1) is 0 Å². The molecule has 31 heavy (non-hydrogen) atoms. The third kappa shape index (κ3) is 3.01. The van der Waals surface area contributed by atoms with Gasteiger partial charge in [-0.05, 0) is 85.5 Å². The summed E-state index contributed by atoms with van der Waals surface area (Å²) in [5, 5.41) is 0.650. The van der Waals surface area contributed by atoms with E-state index in [-0.39, 0.29) is 5.41 Å². The van der Waals surface area contributed by atoms with Crippen molar-refractivity contribution < 1.29 is 4.74 Å². The van der Waals surface area contributed by atoms with Gasteiger partial charge in [-0.2, -0.15) is 0 Å². The molecule has 0 bridgehead atoms. The van der Waals surface area contributed by atoms with Gasteiger partial charge < -0.3 is 4.74 Å². The monoisotopic (exact) mass is 433 g/mol. The fraction of sp³-hybridized carbons (Fsp3) is 0.536. The predicted molar refractivity (Wildman–Crippen MR) is 126 cm³/mol. The second-order valence-electron chi connectivity index (χ2n) is 10.9. The molecule has 0 amide bonds. The summed E-state index contributed by atoms with van der Waals surface area (Å²) < 4.78 is 6.36. The Hall–Kier alpha value is -1.80. The van der Waals surface area contributed by atoms with Gasteiger partial charge in [0.1, 0.15) is 17.0 Å². The van der Waals surface area contributed by atoms with E-state index >= 15 is 0 Å². The van der Waals surface area contributed by atoms with Crippen LogP contribution in [0.25, 0.3) is 0 Å². The first-order valence-corrected chi connectivity index (χ1v) is 12.4. The molecule has 3 heteroatoms. The highest BCUT2D eigenvalue weighted by molar-refractivity contribution is 6.29. The smallest absolute Gasteiger partial charge is 0.129 e. The molecule has 0 aliphatic heterocycles. The molecule has 162 valence electrons. The van der Waals surface area contributed by atoms with Gasteiger partial charge >= 0.3 is 0 Å². The Balaban J connectivity index is 1.26. The van der Waals surface area contributed by atoms with Crippen molar-refractivity contribution in [2.75, 3.05) is 0 Å². The van der Waals surface area contributed by atoms with Crippen LogP contribution in [0.2, 0.25) is 5.15 Å². The van der Waals surface area contributed by atoms with E-state index in [9.17, 15) is 0 Å². The fourth-order valence-corrected chi connectivity index (χ4v) is 7.92. The maximum absolute atomic E-state index is 6.36. The number of halogens is 1. The number of allylic oxidation sites excluding steroid dienone is 1. The Labute approximate surface area is 191 Å². The van der Waals surface area contributed by atoms with Crippen LogP contribution in [0.1, 0.15) is 63.6 Å². The number of pyridine rings is 1. The van der Waals surface area contributed by atoms with E-state index in [1.54, 1.807) is 5.57 Å². The van der Waals surface area contributed by atoms with Crippen molar-refractivity contribution in [3.8, 4) is 5.75 Å². The molecule has 1 aromatic carbocycles. The molecule has 0 spiro atoms. The SMILES string of the molecule is C[C@]12CC[C@H](Oc3ccccc3)CC1=CCC1[C@@H]2CC[C@]2(C)c3nc(Cl)ccc3C[C@@H]12. The summed E-state index contributed by atoms with van der Waals surface area (Å²) in [6, 6.07) is 14.6. The van der Waals surface area contributed by atoms with E-state index in [2.05, 4.69) is 56.3 Å². The van der Waals surface area contributed by atoms with E-state index in [0.29, 0.717) is 22.6 Å². The van der Waals surface area contributed by atoms with Gasteiger partial charge in [-0.1, -0.05) is 61.4 Å². The van der Waals surface area contributed by atoms with Gasteiger partial charge in [-0.25, -0.2) is 4.98 Å². The predicted octanol–water partition coefficient (Wildman–Crippen LogP) is 7.16. The molecule has 2 aromatic rings. The van der Waals surface area contributed by atoms with Crippen LogP contribution in [0, 0.1) is 23.2 Å². The zero-order chi connectivity index (χ0) is 21.2. The molecule has 4 aliphatic rings. The summed E-state index contributed by atoms with van der Waals surface area (Å²) >= 11 is 6.31. The Morgan fingerprint density at radius 2 is 1.74 bits per heavy atom. The highest BCUT2D eigenvalue weighted by Gasteiger charge is 2.58. The Morgan fingerprint density at radius 3 is 2.58 bits per heavy atom. The first kappa shape index (κ1) is 19.9. The standard InChI is InChI=1S/C28H32ClNO/c1-27-14-12-21(31-20-6-4-3-5-7-20)17-19(27)9-10-22-23(27)13-15-28(2)24(22)16-18-8-11-25(29)30-26(18)28/h3-9,11,21-24H,10,12-17H2,1-2H3/t21-,22?,23-,24-,27-,28-/m0/s1. The third-order valence-corrected chi connectivity index (χ3v) is 9.63. The Morgan fingerprint density at radius 1 is 0.935 bits per heavy atom. The number of nitrogens with zero attached hydrogens (tertiary/aromatic N) is 1. The van der Waals surface area contributed by atoms with Crippen LogP contribution in [-0.4, -0.2) is 11.1 Å². The summed E-state index contributed by atoms with van der Waals surface area (Å²) in [5.74, 6) is 3.24. The van der Waals surface area contributed by atoms with Crippen molar-refractivity contribution in [3.63, 3.8) is 0 Å². The number of aromatic nitrogens is 1. The van der Waals surface area contributed by atoms with Gasteiger partial charge in [0, 0.05) is 11.8 Å². The molecule has 1 unspecified atom stereocenters. The van der Waals surface area contributed by atoms with E-state index in [1.807, 2.05) is 6.07 Å². The van der Waals surface area contributed by atoms with Crippen LogP contribution >= 0.6 is 11.6 Å². The van der Waals surface area contributed by atoms with Crippen molar-refractivity contribution in [1.82, 2.24) is 4.98 Å². The van der Waals surface area contributed by atoms with Crippen molar-refractivity contribution >= 4 is 11.6 Å². The van der Waals surface area contributed by atoms with Gasteiger partial charge in [0.25, 0.3) is 0 Å². The van der Waals surface area contributed by atoms with Gasteiger partial charge in [-0.3, -0.25) is 0 Å². The molecule has 0 N–H and O–H groups in total. The van der Waals surface area contributed by atoms with Crippen LogP contribution in [-0.2, 0) is 11.8 Å². The van der Waals surface area contributed by atoms with Crippen LogP contribution in [0.15, 0.2) is 54.1 Å². The summed E-state index contributed by atoms with van der Waals surface area (Å²) in [6.45, 7) is 5.03. The van der Waals surface area contributed by atoms with Crippen molar-refractivity contribution in [2.24, 2.45) is 23.2 Å². The number of para-hydroxylation sites is 1. The molecular formula is C28H32ClNO. The molecule has 4 aliphatic carbocycles. The number of rotatable bonds is 2.